The predicted octanol–water partition coefficient (Wildman–Crippen LogP) is 4.05. The van der Waals surface area contributed by atoms with Gasteiger partial charge in [0.1, 0.15) is 17.9 Å². The Kier molecular flexibility index (Phi) is 3.97. The minimum atomic E-state index is 0.0845. The van der Waals surface area contributed by atoms with Crippen molar-refractivity contribution in [3.63, 3.8) is 0 Å². The molecule has 1 fully saturated rings. The second-order valence-electron chi connectivity index (χ2n) is 7.29. The first-order chi connectivity index (χ1) is 13.7. The van der Waals surface area contributed by atoms with E-state index < -0.39 is 0 Å². The fourth-order valence-corrected chi connectivity index (χ4v) is 3.83. The highest BCUT2D eigenvalue weighted by Gasteiger charge is 2.38. The molecule has 28 heavy (non-hydrogen) atoms. The number of phenols is 1. The zero-order valence-corrected chi connectivity index (χ0v) is 15.6. The van der Waals surface area contributed by atoms with Crippen LogP contribution in [0.2, 0.25) is 0 Å². The van der Waals surface area contributed by atoms with Crippen LogP contribution in [0.25, 0.3) is 22.5 Å². The van der Waals surface area contributed by atoms with Gasteiger partial charge >= 0.3 is 0 Å². The summed E-state index contributed by atoms with van der Waals surface area (Å²) in [7, 11) is 1.94. The van der Waals surface area contributed by atoms with E-state index in [2.05, 4.69) is 26.8 Å². The van der Waals surface area contributed by atoms with Crippen LogP contribution in [0.5, 0.6) is 5.75 Å². The number of nitrogens with zero attached hydrogens (tertiary/aromatic N) is 5. The number of aromatic hydroxyl groups is 1. The average Bonchev–Trinajstić information content (AvgIpc) is 3.32. The lowest BCUT2D eigenvalue weighted by Crippen LogP contribution is -2.18. The maximum atomic E-state index is 9.76. The summed E-state index contributed by atoms with van der Waals surface area (Å²) in [6.45, 7) is 0. The van der Waals surface area contributed by atoms with Gasteiger partial charge < -0.3 is 9.67 Å². The van der Waals surface area contributed by atoms with Crippen LogP contribution in [-0.2, 0) is 7.05 Å². The highest BCUT2D eigenvalue weighted by atomic mass is 16.3. The summed E-state index contributed by atoms with van der Waals surface area (Å²) in [5.74, 6) is 1.72. The van der Waals surface area contributed by atoms with E-state index in [1.807, 2.05) is 48.4 Å². The summed E-state index contributed by atoms with van der Waals surface area (Å²) in [5, 5.41) is 14.1. The summed E-state index contributed by atoms with van der Waals surface area (Å²) < 4.78 is 4.09. The van der Waals surface area contributed by atoms with Crippen LogP contribution in [0, 0.1) is 5.92 Å². The van der Waals surface area contributed by atoms with Gasteiger partial charge in [0.2, 0.25) is 0 Å². The van der Waals surface area contributed by atoms with Crippen molar-refractivity contribution in [2.45, 2.75) is 18.9 Å². The van der Waals surface area contributed by atoms with Crippen LogP contribution in [0.3, 0.4) is 0 Å². The van der Waals surface area contributed by atoms with Crippen molar-refractivity contribution in [2.75, 3.05) is 0 Å². The molecule has 2 heterocycles. The SMILES string of the molecule is Cn1ncnc1[C@@H](C1CC1)n1cnc(-c2ccccc2)c1-c1ccc(O)cc1. The molecule has 1 aliphatic rings. The van der Waals surface area contributed by atoms with Crippen LogP contribution >= 0.6 is 0 Å². The fourth-order valence-electron chi connectivity index (χ4n) is 3.83. The number of benzene rings is 2. The first kappa shape index (κ1) is 16.7. The Morgan fingerprint density at radius 2 is 1.71 bits per heavy atom. The summed E-state index contributed by atoms with van der Waals surface area (Å²) >= 11 is 0. The molecule has 2 aromatic carbocycles. The normalized spacial score (nSPS) is 14.9. The lowest BCUT2D eigenvalue weighted by molar-refractivity contribution is 0.471. The van der Waals surface area contributed by atoms with Gasteiger partial charge in [0.15, 0.2) is 0 Å². The van der Waals surface area contributed by atoms with Crippen molar-refractivity contribution in [2.24, 2.45) is 13.0 Å². The Morgan fingerprint density at radius 3 is 2.36 bits per heavy atom. The zero-order chi connectivity index (χ0) is 19.1. The van der Waals surface area contributed by atoms with E-state index in [1.165, 1.54) is 12.8 Å². The van der Waals surface area contributed by atoms with Crippen molar-refractivity contribution >= 4 is 0 Å². The number of aryl methyl sites for hydroxylation is 1. The molecular formula is C22H21N5O. The van der Waals surface area contributed by atoms with Gasteiger partial charge in [-0.2, -0.15) is 5.10 Å². The van der Waals surface area contributed by atoms with E-state index >= 15 is 0 Å². The van der Waals surface area contributed by atoms with Crippen molar-refractivity contribution < 1.29 is 5.11 Å². The van der Waals surface area contributed by atoms with Gasteiger partial charge in [-0.25, -0.2) is 9.97 Å². The van der Waals surface area contributed by atoms with Gasteiger partial charge in [0.25, 0.3) is 0 Å². The molecule has 0 radical (unpaired) electrons. The van der Waals surface area contributed by atoms with Gasteiger partial charge in [-0.1, -0.05) is 30.3 Å². The van der Waals surface area contributed by atoms with E-state index in [4.69, 9.17) is 4.98 Å². The Labute approximate surface area is 163 Å². The molecule has 6 nitrogen and oxygen atoms in total. The van der Waals surface area contributed by atoms with E-state index in [9.17, 15) is 5.11 Å². The molecule has 0 spiro atoms. The number of imidazole rings is 1. The van der Waals surface area contributed by atoms with Gasteiger partial charge in [0.05, 0.1) is 23.8 Å². The molecule has 1 atom stereocenters. The second kappa shape index (κ2) is 6.64. The average molecular weight is 371 g/mol. The van der Waals surface area contributed by atoms with Gasteiger partial charge in [0, 0.05) is 18.2 Å². The Balaban J connectivity index is 1.73. The molecule has 0 amide bonds. The molecular weight excluding hydrogens is 350 g/mol. The molecule has 6 heteroatoms. The van der Waals surface area contributed by atoms with E-state index in [-0.39, 0.29) is 11.8 Å². The van der Waals surface area contributed by atoms with Crippen molar-refractivity contribution in [3.8, 4) is 28.3 Å². The third-order valence-corrected chi connectivity index (χ3v) is 5.36. The summed E-state index contributed by atoms with van der Waals surface area (Å²) in [6.07, 6.45) is 5.87. The predicted molar refractivity (Wildman–Crippen MR) is 107 cm³/mol. The first-order valence-corrected chi connectivity index (χ1v) is 9.48. The van der Waals surface area contributed by atoms with Crippen LogP contribution in [-0.4, -0.2) is 29.4 Å². The fraction of sp³-hybridized carbons (Fsp3) is 0.227. The number of hydrogen-bond acceptors (Lipinski definition) is 4. The summed E-state index contributed by atoms with van der Waals surface area (Å²) in [6, 6.07) is 17.6. The van der Waals surface area contributed by atoms with Crippen LogP contribution in [0.15, 0.2) is 67.3 Å². The molecule has 1 N–H and O–H groups in total. The highest BCUT2D eigenvalue weighted by molar-refractivity contribution is 5.79. The standard InChI is InChI=1S/C22H21N5O/c1-26-22(23-13-25-26)21(17-7-8-17)27-14-24-19(15-5-3-2-4-6-15)20(27)16-9-11-18(28)12-10-16/h2-6,9-14,17,21,28H,7-8H2,1H3/t21-/m1/s1. The molecule has 0 bridgehead atoms. The van der Waals surface area contributed by atoms with Crippen molar-refractivity contribution in [1.82, 2.24) is 24.3 Å². The number of hydrogen-bond donors (Lipinski definition) is 1. The van der Waals surface area contributed by atoms with E-state index in [1.54, 1.807) is 18.5 Å². The summed E-state index contributed by atoms with van der Waals surface area (Å²) in [4.78, 5) is 9.35. The molecule has 2 aromatic heterocycles. The molecule has 1 saturated carbocycles. The smallest absolute Gasteiger partial charge is 0.150 e. The molecule has 0 unspecified atom stereocenters. The van der Waals surface area contributed by atoms with E-state index in [0.717, 1.165) is 28.3 Å². The largest absolute Gasteiger partial charge is 0.508 e. The highest BCUT2D eigenvalue weighted by Crippen LogP contribution is 2.46. The van der Waals surface area contributed by atoms with Crippen LogP contribution in [0.1, 0.15) is 24.7 Å². The maximum absolute atomic E-state index is 9.76. The minimum absolute atomic E-state index is 0.0845. The molecule has 140 valence electrons. The third kappa shape index (κ3) is 2.87. The minimum Gasteiger partial charge on any atom is -0.508 e. The van der Waals surface area contributed by atoms with Crippen LogP contribution in [0.4, 0.5) is 0 Å². The maximum Gasteiger partial charge on any atom is 0.150 e. The lowest BCUT2D eigenvalue weighted by atomic mass is 10.0. The van der Waals surface area contributed by atoms with Gasteiger partial charge in [-0.3, -0.25) is 4.68 Å². The molecule has 5 rings (SSSR count). The van der Waals surface area contributed by atoms with Crippen LogP contribution < -0.4 is 0 Å². The molecule has 1 aliphatic carbocycles. The number of phenolic OH excluding ortho intramolecular Hbond substituents is 1. The number of aromatic nitrogens is 5. The zero-order valence-electron chi connectivity index (χ0n) is 15.6. The first-order valence-electron chi connectivity index (χ1n) is 9.48. The quantitative estimate of drug-likeness (QED) is 0.575. The van der Waals surface area contributed by atoms with Crippen molar-refractivity contribution in [1.29, 1.82) is 0 Å². The monoisotopic (exact) mass is 371 g/mol. The molecule has 0 aliphatic heterocycles. The molecule has 4 aromatic rings. The Bertz CT molecular complexity index is 1090. The second-order valence-corrected chi connectivity index (χ2v) is 7.29. The topological polar surface area (TPSA) is 68.8 Å². The van der Waals surface area contributed by atoms with Gasteiger partial charge in [-0.15, -0.1) is 0 Å². The third-order valence-electron chi connectivity index (χ3n) is 5.36. The molecule has 0 saturated heterocycles. The Morgan fingerprint density at radius 1 is 0.964 bits per heavy atom. The lowest BCUT2D eigenvalue weighted by Gasteiger charge is -2.21. The van der Waals surface area contributed by atoms with E-state index in [0.29, 0.717) is 5.92 Å². The van der Waals surface area contributed by atoms with Gasteiger partial charge in [-0.05, 0) is 43.0 Å². The van der Waals surface area contributed by atoms with Crippen molar-refractivity contribution in [3.05, 3.63) is 73.1 Å². The Hall–Kier alpha value is -3.41. The number of rotatable bonds is 5. The summed E-state index contributed by atoms with van der Waals surface area (Å²) in [5.41, 5.74) is 4.05.